The van der Waals surface area contributed by atoms with Crippen LogP contribution < -0.4 is 0 Å². The van der Waals surface area contributed by atoms with Crippen LogP contribution in [0.15, 0.2) is 24.3 Å². The van der Waals surface area contributed by atoms with E-state index in [1.165, 1.54) is 11.1 Å². The Balaban J connectivity index is 1.64. The highest BCUT2D eigenvalue weighted by Crippen LogP contribution is 2.49. The largest absolute Gasteiger partial charge is 0.394 e. The van der Waals surface area contributed by atoms with E-state index in [0.29, 0.717) is 25.0 Å². The number of amides is 1. The first-order valence-corrected chi connectivity index (χ1v) is 8.64. The number of ether oxygens (including phenoxy) is 1. The van der Waals surface area contributed by atoms with Crippen molar-refractivity contribution in [3.63, 3.8) is 0 Å². The molecule has 1 heterocycles. The Morgan fingerprint density at radius 1 is 1.35 bits per heavy atom. The molecular weight excluding hydrogens is 290 g/mol. The number of nitrogens with zero attached hydrogens (tertiary/aromatic N) is 1. The lowest BCUT2D eigenvalue weighted by Crippen LogP contribution is -2.52. The third-order valence-corrected chi connectivity index (χ3v) is 5.13. The van der Waals surface area contributed by atoms with Crippen LogP contribution in [-0.4, -0.2) is 47.8 Å². The molecule has 1 saturated heterocycles. The topological polar surface area (TPSA) is 49.8 Å². The van der Waals surface area contributed by atoms with Gasteiger partial charge < -0.3 is 14.7 Å². The van der Waals surface area contributed by atoms with Gasteiger partial charge in [0.15, 0.2) is 0 Å². The van der Waals surface area contributed by atoms with Gasteiger partial charge in [-0.15, -0.1) is 0 Å². The van der Waals surface area contributed by atoms with Crippen LogP contribution in [0.5, 0.6) is 0 Å². The third-order valence-electron chi connectivity index (χ3n) is 5.13. The van der Waals surface area contributed by atoms with Gasteiger partial charge in [0.1, 0.15) is 0 Å². The number of hydrogen-bond donors (Lipinski definition) is 1. The number of carbonyl (C=O) groups excluding carboxylic acids is 1. The fraction of sp³-hybridized carbons (Fsp3) is 0.632. The standard InChI is InChI=1S/C19H27NO3/c1-12(2)14-4-6-15(7-5-14)17-8-18(17)19(22)20-9-16(10-21)23-11-13(20)3/h4-7,12-13,16-18,21H,8-11H2,1-3H3. The molecule has 2 fully saturated rings. The molecule has 0 radical (unpaired) electrons. The van der Waals surface area contributed by atoms with E-state index in [0.717, 1.165) is 6.42 Å². The quantitative estimate of drug-likeness (QED) is 0.928. The van der Waals surface area contributed by atoms with E-state index in [1.54, 1.807) is 0 Å². The van der Waals surface area contributed by atoms with Gasteiger partial charge in [0.05, 0.1) is 25.4 Å². The summed E-state index contributed by atoms with van der Waals surface area (Å²) in [6, 6.07) is 8.80. The fourth-order valence-corrected chi connectivity index (χ4v) is 3.41. The Hall–Kier alpha value is -1.39. The van der Waals surface area contributed by atoms with Crippen molar-refractivity contribution in [1.82, 2.24) is 4.90 Å². The number of aliphatic hydroxyl groups excluding tert-OH is 1. The summed E-state index contributed by atoms with van der Waals surface area (Å²) in [6.45, 7) is 7.39. The Kier molecular flexibility index (Phi) is 4.74. The zero-order valence-corrected chi connectivity index (χ0v) is 14.2. The molecule has 1 saturated carbocycles. The van der Waals surface area contributed by atoms with E-state index < -0.39 is 0 Å². The molecule has 126 valence electrons. The Labute approximate surface area is 138 Å². The summed E-state index contributed by atoms with van der Waals surface area (Å²) in [6.07, 6.45) is 0.700. The lowest BCUT2D eigenvalue weighted by atomic mass is 9.99. The summed E-state index contributed by atoms with van der Waals surface area (Å²) in [5.41, 5.74) is 2.61. The maximum atomic E-state index is 12.8. The number of morpholine rings is 1. The minimum absolute atomic E-state index is 0.0265. The minimum atomic E-state index is -0.238. The van der Waals surface area contributed by atoms with Gasteiger partial charge in [0.2, 0.25) is 5.91 Å². The molecule has 1 aromatic rings. The molecule has 0 spiro atoms. The second-order valence-electron chi connectivity index (χ2n) is 7.25. The van der Waals surface area contributed by atoms with E-state index in [4.69, 9.17) is 4.74 Å². The highest BCUT2D eigenvalue weighted by atomic mass is 16.5. The van der Waals surface area contributed by atoms with Crippen LogP contribution >= 0.6 is 0 Å². The number of rotatable bonds is 4. The minimum Gasteiger partial charge on any atom is -0.394 e. The molecular formula is C19H27NO3. The van der Waals surface area contributed by atoms with Crippen LogP contribution in [0.4, 0.5) is 0 Å². The van der Waals surface area contributed by atoms with Gasteiger partial charge in [-0.05, 0) is 36.3 Å². The normalized spacial score (nSPS) is 30.6. The predicted molar refractivity (Wildman–Crippen MR) is 89.4 cm³/mol. The SMILES string of the molecule is CC(C)c1ccc(C2CC2C(=O)N2CC(CO)OCC2C)cc1. The summed E-state index contributed by atoms with van der Waals surface area (Å²) in [5, 5.41) is 9.27. The Bertz CT molecular complexity index is 554. The smallest absolute Gasteiger partial charge is 0.226 e. The zero-order valence-electron chi connectivity index (χ0n) is 14.2. The lowest BCUT2D eigenvalue weighted by molar-refractivity contribution is -0.147. The van der Waals surface area contributed by atoms with Crippen LogP contribution in [-0.2, 0) is 9.53 Å². The van der Waals surface area contributed by atoms with E-state index in [9.17, 15) is 9.90 Å². The second-order valence-corrected chi connectivity index (χ2v) is 7.25. The molecule has 1 aliphatic heterocycles. The van der Waals surface area contributed by atoms with Gasteiger partial charge in [-0.25, -0.2) is 0 Å². The van der Waals surface area contributed by atoms with E-state index in [1.807, 2.05) is 11.8 Å². The molecule has 4 atom stereocenters. The summed E-state index contributed by atoms with van der Waals surface area (Å²) in [4.78, 5) is 14.7. The van der Waals surface area contributed by atoms with Gasteiger partial charge in [0, 0.05) is 12.5 Å². The zero-order chi connectivity index (χ0) is 16.6. The number of aliphatic hydroxyl groups is 1. The molecule has 1 aromatic carbocycles. The highest BCUT2D eigenvalue weighted by molar-refractivity contribution is 5.83. The first kappa shape index (κ1) is 16.5. The van der Waals surface area contributed by atoms with Gasteiger partial charge in [0.25, 0.3) is 0 Å². The Morgan fingerprint density at radius 3 is 2.65 bits per heavy atom. The molecule has 4 heteroatoms. The number of hydrogen-bond acceptors (Lipinski definition) is 3. The van der Waals surface area contributed by atoms with Crippen molar-refractivity contribution in [3.05, 3.63) is 35.4 Å². The van der Waals surface area contributed by atoms with Crippen molar-refractivity contribution >= 4 is 5.91 Å². The molecule has 0 bridgehead atoms. The summed E-state index contributed by atoms with van der Waals surface area (Å²) in [5.74, 6) is 1.20. The van der Waals surface area contributed by atoms with Crippen molar-refractivity contribution in [2.24, 2.45) is 5.92 Å². The molecule has 1 aliphatic carbocycles. The summed E-state index contributed by atoms with van der Waals surface area (Å²) < 4.78 is 5.52. The Morgan fingerprint density at radius 2 is 2.04 bits per heavy atom. The summed E-state index contributed by atoms with van der Waals surface area (Å²) >= 11 is 0. The van der Waals surface area contributed by atoms with Crippen molar-refractivity contribution in [2.75, 3.05) is 19.8 Å². The third kappa shape index (κ3) is 3.43. The maximum Gasteiger partial charge on any atom is 0.226 e. The first-order valence-electron chi connectivity index (χ1n) is 8.64. The van der Waals surface area contributed by atoms with E-state index >= 15 is 0 Å². The molecule has 4 nitrogen and oxygen atoms in total. The van der Waals surface area contributed by atoms with E-state index in [2.05, 4.69) is 38.1 Å². The average Bonchev–Trinajstić information content (AvgIpc) is 3.35. The molecule has 1 N–H and O–H groups in total. The molecule has 3 rings (SSSR count). The van der Waals surface area contributed by atoms with Crippen molar-refractivity contribution < 1.29 is 14.6 Å². The van der Waals surface area contributed by atoms with Crippen LogP contribution in [0, 0.1) is 5.92 Å². The maximum absolute atomic E-state index is 12.8. The van der Waals surface area contributed by atoms with Crippen LogP contribution in [0.1, 0.15) is 50.2 Å². The van der Waals surface area contributed by atoms with Crippen LogP contribution in [0.3, 0.4) is 0 Å². The molecule has 0 aromatic heterocycles. The van der Waals surface area contributed by atoms with Gasteiger partial charge >= 0.3 is 0 Å². The van der Waals surface area contributed by atoms with Crippen LogP contribution in [0.2, 0.25) is 0 Å². The van der Waals surface area contributed by atoms with Gasteiger partial charge in [-0.2, -0.15) is 0 Å². The van der Waals surface area contributed by atoms with Crippen molar-refractivity contribution in [2.45, 2.75) is 51.2 Å². The second kappa shape index (κ2) is 6.62. The van der Waals surface area contributed by atoms with Gasteiger partial charge in [-0.3, -0.25) is 4.79 Å². The fourth-order valence-electron chi connectivity index (χ4n) is 3.41. The van der Waals surface area contributed by atoms with Crippen molar-refractivity contribution in [3.8, 4) is 0 Å². The molecule has 1 amide bonds. The van der Waals surface area contributed by atoms with E-state index in [-0.39, 0.29) is 30.6 Å². The highest BCUT2D eigenvalue weighted by Gasteiger charge is 2.47. The van der Waals surface area contributed by atoms with Crippen LogP contribution in [0.25, 0.3) is 0 Å². The molecule has 4 unspecified atom stereocenters. The monoisotopic (exact) mass is 317 g/mol. The number of carbonyl (C=O) groups is 1. The first-order chi connectivity index (χ1) is 11.0. The average molecular weight is 317 g/mol. The number of benzene rings is 1. The van der Waals surface area contributed by atoms with Crippen molar-refractivity contribution in [1.29, 1.82) is 0 Å². The summed E-state index contributed by atoms with van der Waals surface area (Å²) in [7, 11) is 0. The predicted octanol–water partition coefficient (Wildman–Crippen LogP) is 2.52. The molecule has 23 heavy (non-hydrogen) atoms. The van der Waals surface area contributed by atoms with Gasteiger partial charge in [-0.1, -0.05) is 38.1 Å². The molecule has 2 aliphatic rings. The lowest BCUT2D eigenvalue weighted by Gasteiger charge is -2.37.